The molecule has 0 saturated heterocycles. The number of aryl methyl sites for hydroxylation is 1. The number of halogens is 2. The SMILES string of the molecule is CCc1cc2c(NN)nc(-c3ccc(F)c(Br)c3)nc2s1. The van der Waals surface area contributed by atoms with Gasteiger partial charge in [-0.1, -0.05) is 6.92 Å². The molecule has 0 bridgehead atoms. The van der Waals surface area contributed by atoms with Gasteiger partial charge in [-0.25, -0.2) is 20.2 Å². The van der Waals surface area contributed by atoms with E-state index in [1.165, 1.54) is 10.9 Å². The van der Waals surface area contributed by atoms with Crippen molar-refractivity contribution in [3.8, 4) is 11.4 Å². The van der Waals surface area contributed by atoms with E-state index in [9.17, 15) is 4.39 Å². The quantitative estimate of drug-likeness (QED) is 0.540. The zero-order valence-electron chi connectivity index (χ0n) is 11.2. The lowest BCUT2D eigenvalue weighted by Gasteiger charge is -2.06. The lowest BCUT2D eigenvalue weighted by molar-refractivity contribution is 0.621. The van der Waals surface area contributed by atoms with E-state index in [0.717, 1.165) is 22.2 Å². The lowest BCUT2D eigenvalue weighted by atomic mass is 10.2. The molecule has 21 heavy (non-hydrogen) atoms. The van der Waals surface area contributed by atoms with Crippen LogP contribution < -0.4 is 11.3 Å². The van der Waals surface area contributed by atoms with Crippen molar-refractivity contribution < 1.29 is 4.39 Å². The smallest absolute Gasteiger partial charge is 0.163 e. The number of hydrogen-bond donors (Lipinski definition) is 2. The summed E-state index contributed by atoms with van der Waals surface area (Å²) < 4.78 is 13.7. The van der Waals surface area contributed by atoms with Crippen LogP contribution in [0.25, 0.3) is 21.6 Å². The molecule has 0 unspecified atom stereocenters. The highest BCUT2D eigenvalue weighted by Gasteiger charge is 2.13. The van der Waals surface area contributed by atoms with Crippen molar-refractivity contribution in [3.63, 3.8) is 0 Å². The highest BCUT2D eigenvalue weighted by Crippen LogP contribution is 2.32. The van der Waals surface area contributed by atoms with E-state index in [1.807, 2.05) is 6.07 Å². The first-order valence-electron chi connectivity index (χ1n) is 6.35. The number of nitrogens with one attached hydrogen (secondary N) is 1. The Hall–Kier alpha value is -1.57. The Bertz CT molecular complexity index is 818. The fourth-order valence-electron chi connectivity index (χ4n) is 2.02. The van der Waals surface area contributed by atoms with Gasteiger partial charge in [0.15, 0.2) is 11.6 Å². The summed E-state index contributed by atoms with van der Waals surface area (Å²) in [5.74, 6) is 6.33. The Morgan fingerprint density at radius 1 is 1.33 bits per heavy atom. The van der Waals surface area contributed by atoms with Crippen molar-refractivity contribution in [1.82, 2.24) is 9.97 Å². The van der Waals surface area contributed by atoms with E-state index in [-0.39, 0.29) is 5.82 Å². The number of thiophene rings is 1. The van der Waals surface area contributed by atoms with Crippen molar-refractivity contribution in [2.75, 3.05) is 5.43 Å². The molecule has 7 heteroatoms. The molecular weight excluding hydrogens is 355 g/mol. The second-order valence-electron chi connectivity index (χ2n) is 4.45. The molecule has 3 N–H and O–H groups in total. The van der Waals surface area contributed by atoms with Crippen LogP contribution in [0.3, 0.4) is 0 Å². The molecule has 0 aliphatic heterocycles. The Balaban J connectivity index is 2.20. The summed E-state index contributed by atoms with van der Waals surface area (Å²) in [6, 6.07) is 6.73. The Labute approximate surface area is 133 Å². The maximum atomic E-state index is 13.3. The zero-order chi connectivity index (χ0) is 15.0. The van der Waals surface area contributed by atoms with Gasteiger partial charge in [0, 0.05) is 10.4 Å². The van der Waals surface area contributed by atoms with Crippen LogP contribution in [0.5, 0.6) is 0 Å². The van der Waals surface area contributed by atoms with E-state index in [1.54, 1.807) is 23.5 Å². The largest absolute Gasteiger partial charge is 0.308 e. The molecule has 0 amide bonds. The van der Waals surface area contributed by atoms with Gasteiger partial charge in [0.2, 0.25) is 0 Å². The van der Waals surface area contributed by atoms with Crippen LogP contribution in [0.4, 0.5) is 10.2 Å². The van der Waals surface area contributed by atoms with Crippen molar-refractivity contribution >= 4 is 43.3 Å². The molecule has 0 atom stereocenters. The fraction of sp³-hybridized carbons (Fsp3) is 0.143. The summed E-state index contributed by atoms with van der Waals surface area (Å²) in [5, 5.41) is 0.907. The third-order valence-electron chi connectivity index (χ3n) is 3.11. The molecule has 0 fully saturated rings. The maximum Gasteiger partial charge on any atom is 0.163 e. The summed E-state index contributed by atoms with van der Waals surface area (Å²) >= 11 is 4.79. The highest BCUT2D eigenvalue weighted by molar-refractivity contribution is 9.10. The molecule has 2 heterocycles. The van der Waals surface area contributed by atoms with E-state index >= 15 is 0 Å². The normalized spacial score (nSPS) is 11.0. The predicted octanol–water partition coefficient (Wildman–Crippen LogP) is 4.11. The number of benzene rings is 1. The van der Waals surface area contributed by atoms with Crippen molar-refractivity contribution in [1.29, 1.82) is 0 Å². The predicted molar refractivity (Wildman–Crippen MR) is 87.7 cm³/mol. The molecule has 1 aromatic carbocycles. The first-order chi connectivity index (χ1) is 10.1. The minimum atomic E-state index is -0.318. The first-order valence-corrected chi connectivity index (χ1v) is 7.95. The number of hydrazine groups is 1. The van der Waals surface area contributed by atoms with Gasteiger partial charge in [-0.05, 0) is 46.6 Å². The van der Waals surface area contributed by atoms with E-state index in [4.69, 9.17) is 5.84 Å². The third kappa shape index (κ3) is 2.64. The standard InChI is InChI=1S/C14H12BrFN4S/c1-2-8-6-9-13(20-17)18-12(19-14(9)21-8)7-3-4-11(16)10(15)5-7/h3-6H,2,17H2,1H3,(H,18,19,20). The van der Waals surface area contributed by atoms with E-state index in [2.05, 4.69) is 38.2 Å². The number of nitrogens with two attached hydrogens (primary N) is 1. The topological polar surface area (TPSA) is 63.8 Å². The van der Waals surface area contributed by atoms with Gasteiger partial charge in [0.25, 0.3) is 0 Å². The third-order valence-corrected chi connectivity index (χ3v) is 4.89. The summed E-state index contributed by atoms with van der Waals surface area (Å²) in [7, 11) is 0. The second-order valence-corrected chi connectivity index (χ2v) is 6.42. The summed E-state index contributed by atoms with van der Waals surface area (Å²) in [6.07, 6.45) is 0.933. The molecule has 108 valence electrons. The van der Waals surface area contributed by atoms with Crippen LogP contribution in [0.2, 0.25) is 0 Å². The van der Waals surface area contributed by atoms with Gasteiger partial charge in [-0.2, -0.15) is 0 Å². The van der Waals surface area contributed by atoms with Crippen LogP contribution in [-0.4, -0.2) is 9.97 Å². The molecule has 0 spiro atoms. The molecule has 0 aliphatic carbocycles. The van der Waals surface area contributed by atoms with Crippen molar-refractivity contribution in [2.24, 2.45) is 5.84 Å². The monoisotopic (exact) mass is 366 g/mol. The Morgan fingerprint density at radius 3 is 2.81 bits per heavy atom. The Kier molecular flexibility index (Phi) is 3.88. The number of hydrogen-bond acceptors (Lipinski definition) is 5. The molecular formula is C14H12BrFN4S. The van der Waals surface area contributed by atoms with Gasteiger partial charge < -0.3 is 5.43 Å². The first kappa shape index (κ1) is 14.4. The van der Waals surface area contributed by atoms with Gasteiger partial charge in [-0.3, -0.25) is 0 Å². The molecule has 2 aromatic heterocycles. The molecule has 0 saturated carbocycles. The van der Waals surface area contributed by atoms with Crippen molar-refractivity contribution in [3.05, 3.63) is 39.4 Å². The molecule has 0 aliphatic rings. The van der Waals surface area contributed by atoms with Crippen LogP contribution in [0.1, 0.15) is 11.8 Å². The average Bonchev–Trinajstić information content (AvgIpc) is 2.92. The minimum absolute atomic E-state index is 0.318. The minimum Gasteiger partial charge on any atom is -0.308 e. The van der Waals surface area contributed by atoms with Gasteiger partial charge >= 0.3 is 0 Å². The number of nitrogen functional groups attached to an aromatic ring is 1. The van der Waals surface area contributed by atoms with Gasteiger partial charge in [0.05, 0.1) is 9.86 Å². The lowest BCUT2D eigenvalue weighted by Crippen LogP contribution is -2.09. The zero-order valence-corrected chi connectivity index (χ0v) is 13.6. The van der Waals surface area contributed by atoms with Gasteiger partial charge in [0.1, 0.15) is 10.6 Å². The number of fused-ring (bicyclic) bond motifs is 1. The van der Waals surface area contributed by atoms with Crippen LogP contribution in [0, 0.1) is 5.82 Å². The summed E-state index contributed by atoms with van der Waals surface area (Å²) in [6.45, 7) is 2.09. The molecule has 0 radical (unpaired) electrons. The maximum absolute atomic E-state index is 13.3. The van der Waals surface area contributed by atoms with E-state index in [0.29, 0.717) is 16.1 Å². The summed E-state index contributed by atoms with van der Waals surface area (Å²) in [4.78, 5) is 11.1. The van der Waals surface area contributed by atoms with Gasteiger partial charge in [-0.15, -0.1) is 11.3 Å². The van der Waals surface area contributed by atoms with Crippen LogP contribution in [0.15, 0.2) is 28.7 Å². The highest BCUT2D eigenvalue weighted by atomic mass is 79.9. The fourth-order valence-corrected chi connectivity index (χ4v) is 3.37. The van der Waals surface area contributed by atoms with E-state index < -0.39 is 0 Å². The van der Waals surface area contributed by atoms with Crippen molar-refractivity contribution in [2.45, 2.75) is 13.3 Å². The average molecular weight is 367 g/mol. The summed E-state index contributed by atoms with van der Waals surface area (Å²) in [5.41, 5.74) is 3.34. The van der Waals surface area contributed by atoms with Crippen LogP contribution >= 0.6 is 27.3 Å². The van der Waals surface area contributed by atoms with Crippen LogP contribution in [-0.2, 0) is 6.42 Å². The number of anilines is 1. The number of nitrogens with zero attached hydrogens (tertiary/aromatic N) is 2. The molecule has 4 nitrogen and oxygen atoms in total. The number of rotatable bonds is 3. The molecule has 3 aromatic rings. The molecule has 3 rings (SSSR count). The Morgan fingerprint density at radius 2 is 2.14 bits per heavy atom. The number of aromatic nitrogens is 2. The second kappa shape index (κ2) is 5.67.